The number of hydrogen-bond acceptors (Lipinski definition) is 7. The summed E-state index contributed by atoms with van der Waals surface area (Å²) >= 11 is 3.38. The molecule has 0 aromatic heterocycles. The Morgan fingerprint density at radius 3 is 1.93 bits per heavy atom. The predicted octanol–water partition coefficient (Wildman–Crippen LogP) is 6.09. The molecule has 0 heterocycles. The van der Waals surface area contributed by atoms with Crippen LogP contribution in [-0.4, -0.2) is 46.5 Å². The summed E-state index contributed by atoms with van der Waals surface area (Å²) < 4.78 is 22.7. The molecular weight excluding hydrogens is 602 g/mol. The van der Waals surface area contributed by atoms with Crippen molar-refractivity contribution in [2.75, 3.05) is 33.3 Å². The molecule has 0 spiro atoms. The Morgan fingerprint density at radius 2 is 1.38 bits per heavy atom. The van der Waals surface area contributed by atoms with E-state index in [-0.39, 0.29) is 12.5 Å². The fourth-order valence-electron chi connectivity index (χ4n) is 4.12. The fourth-order valence-corrected chi connectivity index (χ4v) is 4.38. The monoisotopic (exact) mass is 631 g/mol. The second kappa shape index (κ2) is 14.2. The van der Waals surface area contributed by atoms with Gasteiger partial charge in [-0.2, -0.15) is 5.10 Å². The second-order valence-electron chi connectivity index (χ2n) is 8.95. The highest BCUT2D eigenvalue weighted by molar-refractivity contribution is 9.10. The van der Waals surface area contributed by atoms with Crippen molar-refractivity contribution < 1.29 is 28.5 Å². The Morgan fingerprint density at radius 1 is 0.786 bits per heavy atom. The van der Waals surface area contributed by atoms with Crippen molar-refractivity contribution in [1.82, 2.24) is 5.43 Å². The Balaban J connectivity index is 1.60. The zero-order valence-electron chi connectivity index (χ0n) is 23.6. The Hall–Kier alpha value is -4.83. The topological polar surface area (TPSA) is 98.7 Å². The van der Waals surface area contributed by atoms with Crippen LogP contribution in [0.1, 0.15) is 31.8 Å². The number of ether oxygens (including phenoxy) is 4. The number of benzene rings is 4. The largest absolute Gasteiger partial charge is 0.497 e. The molecule has 0 bridgehead atoms. The van der Waals surface area contributed by atoms with Gasteiger partial charge in [-0.25, -0.2) is 5.43 Å². The van der Waals surface area contributed by atoms with Gasteiger partial charge in [0.05, 0.1) is 46.9 Å². The Bertz CT molecular complexity index is 1530. The molecule has 0 fully saturated rings. The van der Waals surface area contributed by atoms with Gasteiger partial charge in [-0.15, -0.1) is 0 Å². The first-order valence-electron chi connectivity index (χ1n) is 12.8. The molecule has 2 amide bonds. The van der Waals surface area contributed by atoms with Crippen LogP contribution in [0.3, 0.4) is 0 Å². The van der Waals surface area contributed by atoms with Crippen LogP contribution in [0.25, 0.3) is 0 Å². The molecular formula is C32H30BrN3O6. The first-order valence-corrected chi connectivity index (χ1v) is 13.6. The first kappa shape index (κ1) is 30.1. The van der Waals surface area contributed by atoms with E-state index in [1.54, 1.807) is 54.6 Å². The number of nitrogens with zero attached hydrogens (tertiary/aromatic N) is 2. The average Bonchev–Trinajstić information content (AvgIpc) is 3.03. The minimum absolute atomic E-state index is 0.245. The van der Waals surface area contributed by atoms with Crippen LogP contribution in [0.15, 0.2) is 94.5 Å². The summed E-state index contributed by atoms with van der Waals surface area (Å²) in [6.07, 6.45) is 1.55. The summed E-state index contributed by atoms with van der Waals surface area (Å²) in [7, 11) is 6.15. The molecule has 4 rings (SSSR count). The third-order valence-corrected chi connectivity index (χ3v) is 6.88. The van der Waals surface area contributed by atoms with Gasteiger partial charge in [0, 0.05) is 27.7 Å². The summed E-state index contributed by atoms with van der Waals surface area (Å²) in [5, 5.41) is 4.02. The van der Waals surface area contributed by atoms with Gasteiger partial charge in [0.1, 0.15) is 5.75 Å². The average molecular weight is 633 g/mol. The van der Waals surface area contributed by atoms with Crippen molar-refractivity contribution in [1.29, 1.82) is 0 Å². The molecule has 10 heteroatoms. The van der Waals surface area contributed by atoms with E-state index in [0.717, 1.165) is 15.6 Å². The van der Waals surface area contributed by atoms with Crippen molar-refractivity contribution >= 4 is 39.6 Å². The third-order valence-electron chi connectivity index (χ3n) is 6.35. The number of anilines is 1. The standard InChI is InChI=1S/C32H30BrN3O6/c1-39-27-15-7-22(8-16-27)20-36(26-17-28(40-2)30(42-4)29(18-26)41-3)32(38)24-11-9-23(10-12-24)31(37)35-34-19-21-5-13-25(33)14-6-21/h5-19H,20H2,1-4H3,(H,35,37)/b34-19+. The molecule has 216 valence electrons. The number of halogens is 1. The molecule has 9 nitrogen and oxygen atoms in total. The maximum Gasteiger partial charge on any atom is 0.271 e. The van der Waals surface area contributed by atoms with E-state index in [4.69, 9.17) is 18.9 Å². The molecule has 0 saturated carbocycles. The van der Waals surface area contributed by atoms with Crippen LogP contribution in [0.5, 0.6) is 23.0 Å². The molecule has 0 aliphatic heterocycles. The summed E-state index contributed by atoms with van der Waals surface area (Å²) in [6, 6.07) is 24.8. The van der Waals surface area contributed by atoms with Gasteiger partial charge >= 0.3 is 0 Å². The summed E-state index contributed by atoms with van der Waals surface area (Å²) in [5.41, 5.74) is 5.49. The van der Waals surface area contributed by atoms with Crippen molar-refractivity contribution in [3.8, 4) is 23.0 Å². The van der Waals surface area contributed by atoms with Crippen LogP contribution in [0, 0.1) is 0 Å². The number of hydrazone groups is 1. The summed E-state index contributed by atoms with van der Waals surface area (Å²) in [5.74, 6) is 1.26. The molecule has 4 aromatic carbocycles. The molecule has 0 saturated heterocycles. The number of hydrogen-bond donors (Lipinski definition) is 1. The van der Waals surface area contributed by atoms with E-state index in [1.165, 1.54) is 21.3 Å². The van der Waals surface area contributed by atoms with Crippen molar-refractivity contribution in [3.05, 3.63) is 112 Å². The summed E-state index contributed by atoms with van der Waals surface area (Å²) in [6.45, 7) is 0.245. The first-order chi connectivity index (χ1) is 20.4. The van der Waals surface area contributed by atoms with E-state index in [2.05, 4.69) is 26.5 Å². The lowest BCUT2D eigenvalue weighted by Gasteiger charge is -2.25. The SMILES string of the molecule is COc1ccc(CN(C(=O)c2ccc(C(=O)N/N=C/c3ccc(Br)cc3)cc2)c2cc(OC)c(OC)c(OC)c2)cc1. The molecule has 1 N–H and O–H groups in total. The number of amides is 2. The molecule has 0 aliphatic rings. The minimum atomic E-state index is -0.401. The normalized spacial score (nSPS) is 10.7. The lowest BCUT2D eigenvalue weighted by atomic mass is 10.1. The van der Waals surface area contributed by atoms with Gasteiger partial charge in [-0.1, -0.05) is 40.2 Å². The van der Waals surface area contributed by atoms with E-state index < -0.39 is 5.91 Å². The smallest absolute Gasteiger partial charge is 0.271 e. The van der Waals surface area contributed by atoms with Gasteiger partial charge < -0.3 is 23.8 Å². The molecule has 0 radical (unpaired) electrons. The van der Waals surface area contributed by atoms with Crippen LogP contribution in [-0.2, 0) is 6.54 Å². The predicted molar refractivity (Wildman–Crippen MR) is 165 cm³/mol. The minimum Gasteiger partial charge on any atom is -0.497 e. The van der Waals surface area contributed by atoms with Gasteiger partial charge in [0.15, 0.2) is 11.5 Å². The van der Waals surface area contributed by atoms with Gasteiger partial charge in [-0.3, -0.25) is 9.59 Å². The van der Waals surface area contributed by atoms with E-state index >= 15 is 0 Å². The van der Waals surface area contributed by atoms with E-state index in [1.807, 2.05) is 48.5 Å². The van der Waals surface area contributed by atoms with Crippen LogP contribution < -0.4 is 29.3 Å². The summed E-state index contributed by atoms with van der Waals surface area (Å²) in [4.78, 5) is 28.2. The zero-order valence-corrected chi connectivity index (χ0v) is 25.2. The van der Waals surface area contributed by atoms with Gasteiger partial charge in [0.2, 0.25) is 5.75 Å². The number of methoxy groups -OCH3 is 4. The number of carbonyl (C=O) groups is 2. The van der Waals surface area contributed by atoms with E-state index in [0.29, 0.717) is 39.8 Å². The van der Waals surface area contributed by atoms with Crippen molar-refractivity contribution in [2.45, 2.75) is 6.54 Å². The Kier molecular flexibility index (Phi) is 10.2. The second-order valence-corrected chi connectivity index (χ2v) is 9.87. The number of nitrogens with one attached hydrogen (secondary N) is 1. The third kappa shape index (κ3) is 7.27. The highest BCUT2D eigenvalue weighted by Crippen LogP contribution is 2.41. The fraction of sp³-hybridized carbons (Fsp3) is 0.156. The van der Waals surface area contributed by atoms with Crippen LogP contribution in [0.4, 0.5) is 5.69 Å². The zero-order chi connectivity index (χ0) is 30.1. The lowest BCUT2D eigenvalue weighted by molar-refractivity contribution is 0.0951. The molecule has 0 unspecified atom stereocenters. The molecule has 0 aliphatic carbocycles. The van der Waals surface area contributed by atoms with Crippen LogP contribution in [0.2, 0.25) is 0 Å². The molecule has 42 heavy (non-hydrogen) atoms. The highest BCUT2D eigenvalue weighted by Gasteiger charge is 2.23. The van der Waals surface area contributed by atoms with Gasteiger partial charge in [0.25, 0.3) is 11.8 Å². The van der Waals surface area contributed by atoms with E-state index in [9.17, 15) is 9.59 Å². The number of rotatable bonds is 11. The van der Waals surface area contributed by atoms with Gasteiger partial charge in [-0.05, 0) is 59.7 Å². The van der Waals surface area contributed by atoms with Crippen LogP contribution >= 0.6 is 15.9 Å². The number of carbonyl (C=O) groups excluding carboxylic acids is 2. The highest BCUT2D eigenvalue weighted by atomic mass is 79.9. The maximum absolute atomic E-state index is 13.9. The molecule has 4 aromatic rings. The Labute approximate surface area is 252 Å². The van der Waals surface area contributed by atoms with Crippen molar-refractivity contribution in [2.24, 2.45) is 5.10 Å². The van der Waals surface area contributed by atoms with Crippen molar-refractivity contribution in [3.63, 3.8) is 0 Å². The maximum atomic E-state index is 13.9. The quantitative estimate of drug-likeness (QED) is 0.159. The molecule has 0 atom stereocenters. The lowest BCUT2D eigenvalue weighted by Crippen LogP contribution is -2.30.